The van der Waals surface area contributed by atoms with Crippen LogP contribution in [0.4, 0.5) is 0 Å². The van der Waals surface area contributed by atoms with E-state index in [0.29, 0.717) is 24.9 Å². The minimum absolute atomic E-state index is 0. The molecule has 0 unspecified atom stereocenters. The minimum Gasteiger partial charge on any atom is -0.335 e. The first-order valence-corrected chi connectivity index (χ1v) is 6.81. The molecule has 2 atom stereocenters. The van der Waals surface area contributed by atoms with Crippen molar-refractivity contribution in [2.75, 3.05) is 26.2 Å². The summed E-state index contributed by atoms with van der Waals surface area (Å²) in [4.78, 5) is 6.42. The Hall–Kier alpha value is -0.630. The van der Waals surface area contributed by atoms with Crippen LogP contribution in [0.2, 0.25) is 0 Å². The Morgan fingerprint density at radius 2 is 1.94 bits per heavy atom. The molecule has 0 spiro atoms. The Balaban J connectivity index is 0.00000108. The molecule has 0 saturated carbocycles. The van der Waals surface area contributed by atoms with E-state index in [1.807, 2.05) is 0 Å². The van der Waals surface area contributed by atoms with Crippen LogP contribution in [-0.4, -0.2) is 48.9 Å². The van der Waals surface area contributed by atoms with Gasteiger partial charge in [0.15, 0.2) is 5.03 Å². The second-order valence-corrected chi connectivity index (χ2v) is 6.32. The molecular weight excluding hydrogens is 264 g/mol. The monoisotopic (exact) mass is 278 g/mol. The average Bonchev–Trinajstić information content (AvgIpc) is 2.94. The number of aromatic amines is 1. The molecule has 0 amide bonds. The third kappa shape index (κ3) is 2.08. The molecule has 0 aromatic carbocycles. The van der Waals surface area contributed by atoms with Gasteiger partial charge in [-0.25, -0.2) is 13.4 Å². The van der Waals surface area contributed by atoms with E-state index in [9.17, 15) is 8.42 Å². The normalized spacial score (nSPS) is 28.9. The summed E-state index contributed by atoms with van der Waals surface area (Å²) in [5.74, 6) is 0.940. The smallest absolute Gasteiger partial charge is 0.260 e. The summed E-state index contributed by atoms with van der Waals surface area (Å²) in [5.41, 5.74) is 0. The predicted molar refractivity (Wildman–Crippen MR) is 64.4 cm³/mol. The lowest BCUT2D eigenvalue weighted by Crippen LogP contribution is -2.32. The topological polar surface area (TPSA) is 78.1 Å². The van der Waals surface area contributed by atoms with E-state index in [0.717, 1.165) is 13.1 Å². The Morgan fingerprint density at radius 3 is 2.47 bits per heavy atom. The van der Waals surface area contributed by atoms with E-state index < -0.39 is 10.0 Å². The van der Waals surface area contributed by atoms with Crippen molar-refractivity contribution in [1.82, 2.24) is 19.6 Å². The summed E-state index contributed by atoms with van der Waals surface area (Å²) in [6.07, 6.45) is 2.76. The van der Waals surface area contributed by atoms with Crippen molar-refractivity contribution >= 4 is 22.4 Å². The Morgan fingerprint density at radius 1 is 1.29 bits per heavy atom. The predicted octanol–water partition coefficient (Wildman–Crippen LogP) is -0.329. The van der Waals surface area contributed by atoms with Crippen molar-refractivity contribution in [2.45, 2.75) is 5.03 Å². The third-order valence-corrected chi connectivity index (χ3v) is 5.20. The lowest BCUT2D eigenvalue weighted by molar-refractivity contribution is 0.446. The average molecular weight is 279 g/mol. The zero-order chi connectivity index (χ0) is 11.2. The number of fused-ring (bicyclic) bond motifs is 1. The number of hydrogen-bond donors (Lipinski definition) is 2. The van der Waals surface area contributed by atoms with Gasteiger partial charge in [-0.3, -0.25) is 0 Å². The van der Waals surface area contributed by atoms with Crippen LogP contribution in [0.1, 0.15) is 0 Å². The number of rotatable bonds is 2. The Kier molecular flexibility index (Phi) is 3.44. The summed E-state index contributed by atoms with van der Waals surface area (Å²) >= 11 is 0. The van der Waals surface area contributed by atoms with Crippen molar-refractivity contribution in [3.8, 4) is 0 Å². The van der Waals surface area contributed by atoms with Crippen LogP contribution in [-0.2, 0) is 10.0 Å². The summed E-state index contributed by atoms with van der Waals surface area (Å²) < 4.78 is 25.9. The van der Waals surface area contributed by atoms with E-state index in [2.05, 4.69) is 15.3 Å². The zero-order valence-corrected chi connectivity index (χ0v) is 10.8. The molecule has 3 rings (SSSR count). The third-order valence-electron chi connectivity index (χ3n) is 3.45. The largest absolute Gasteiger partial charge is 0.335 e. The fraction of sp³-hybridized carbons (Fsp3) is 0.667. The highest BCUT2D eigenvalue weighted by Gasteiger charge is 2.41. The molecule has 17 heavy (non-hydrogen) atoms. The number of aromatic nitrogens is 2. The molecule has 96 valence electrons. The Labute approximate surface area is 106 Å². The first kappa shape index (κ1) is 12.8. The van der Waals surface area contributed by atoms with Crippen LogP contribution in [0.3, 0.4) is 0 Å². The van der Waals surface area contributed by atoms with Gasteiger partial charge in [-0.15, -0.1) is 12.4 Å². The van der Waals surface area contributed by atoms with E-state index in [1.54, 1.807) is 4.31 Å². The van der Waals surface area contributed by atoms with E-state index >= 15 is 0 Å². The van der Waals surface area contributed by atoms with Crippen molar-refractivity contribution < 1.29 is 8.42 Å². The van der Waals surface area contributed by atoms with E-state index in [4.69, 9.17) is 0 Å². The fourth-order valence-corrected chi connectivity index (χ4v) is 3.98. The van der Waals surface area contributed by atoms with Gasteiger partial charge in [0.2, 0.25) is 0 Å². The number of H-pyrrole nitrogens is 1. The van der Waals surface area contributed by atoms with Crippen LogP contribution < -0.4 is 5.32 Å². The second-order valence-electron chi connectivity index (χ2n) is 4.42. The van der Waals surface area contributed by atoms with Gasteiger partial charge in [0.1, 0.15) is 0 Å². The molecule has 2 fully saturated rings. The van der Waals surface area contributed by atoms with Gasteiger partial charge in [-0.1, -0.05) is 0 Å². The standard InChI is InChI=1S/C9H14N4O2S.ClH/c14-16(15,9-3-11-6-12-9)13-4-7-1-10-2-8(7)5-13;/h3,6-8,10H,1-2,4-5H2,(H,11,12);1H/t7-,8+;. The van der Waals surface area contributed by atoms with Crippen molar-refractivity contribution in [3.63, 3.8) is 0 Å². The highest BCUT2D eigenvalue weighted by atomic mass is 35.5. The van der Waals surface area contributed by atoms with Crippen molar-refractivity contribution in [3.05, 3.63) is 12.5 Å². The first-order valence-electron chi connectivity index (χ1n) is 5.37. The summed E-state index contributed by atoms with van der Waals surface area (Å²) in [6.45, 7) is 3.11. The van der Waals surface area contributed by atoms with Crippen molar-refractivity contribution in [2.24, 2.45) is 11.8 Å². The molecule has 1 aromatic rings. The molecule has 3 heterocycles. The van der Waals surface area contributed by atoms with E-state index in [1.165, 1.54) is 12.5 Å². The highest BCUT2D eigenvalue weighted by molar-refractivity contribution is 7.89. The van der Waals surface area contributed by atoms with Gasteiger partial charge in [-0.2, -0.15) is 4.31 Å². The van der Waals surface area contributed by atoms with Gasteiger partial charge >= 0.3 is 0 Å². The molecular formula is C9H15ClN4O2S. The maximum Gasteiger partial charge on any atom is 0.260 e. The molecule has 8 heteroatoms. The van der Waals surface area contributed by atoms with Gasteiger partial charge in [0, 0.05) is 13.1 Å². The molecule has 2 aliphatic rings. The minimum atomic E-state index is -3.35. The van der Waals surface area contributed by atoms with Gasteiger partial charge in [0.25, 0.3) is 10.0 Å². The molecule has 2 N–H and O–H groups in total. The molecule has 0 radical (unpaired) electrons. The van der Waals surface area contributed by atoms with E-state index in [-0.39, 0.29) is 17.4 Å². The van der Waals surface area contributed by atoms with Gasteiger partial charge in [-0.05, 0) is 24.9 Å². The number of imidazole rings is 1. The van der Waals surface area contributed by atoms with Gasteiger partial charge in [0.05, 0.1) is 12.5 Å². The fourth-order valence-electron chi connectivity index (χ4n) is 2.53. The maximum absolute atomic E-state index is 12.2. The van der Waals surface area contributed by atoms with Crippen LogP contribution in [0.25, 0.3) is 0 Å². The number of hydrogen-bond acceptors (Lipinski definition) is 4. The molecule has 6 nitrogen and oxygen atoms in total. The number of sulfonamides is 1. The zero-order valence-electron chi connectivity index (χ0n) is 9.17. The quantitative estimate of drug-likeness (QED) is 0.777. The van der Waals surface area contributed by atoms with Crippen LogP contribution in [0.5, 0.6) is 0 Å². The summed E-state index contributed by atoms with van der Waals surface area (Å²) in [5, 5.41) is 3.48. The van der Waals surface area contributed by atoms with Crippen molar-refractivity contribution in [1.29, 1.82) is 0 Å². The lowest BCUT2D eigenvalue weighted by atomic mass is 10.0. The summed E-state index contributed by atoms with van der Waals surface area (Å²) in [7, 11) is -3.35. The maximum atomic E-state index is 12.2. The molecule has 2 saturated heterocycles. The lowest BCUT2D eigenvalue weighted by Gasteiger charge is -2.15. The molecule has 2 aliphatic heterocycles. The molecule has 0 aliphatic carbocycles. The SMILES string of the molecule is Cl.O=S(=O)(c1cnc[nH]1)N1C[C@H]2CNC[C@H]2C1. The van der Waals surface area contributed by atoms with Crippen LogP contribution >= 0.6 is 12.4 Å². The first-order chi connectivity index (χ1) is 7.68. The van der Waals surface area contributed by atoms with Gasteiger partial charge < -0.3 is 10.3 Å². The van der Waals surface area contributed by atoms with Crippen LogP contribution in [0, 0.1) is 11.8 Å². The van der Waals surface area contributed by atoms with Crippen LogP contribution in [0.15, 0.2) is 17.6 Å². The number of nitrogens with zero attached hydrogens (tertiary/aromatic N) is 2. The summed E-state index contributed by atoms with van der Waals surface area (Å²) in [6, 6.07) is 0. The number of nitrogens with one attached hydrogen (secondary N) is 2. The molecule has 1 aromatic heterocycles. The number of halogens is 1. The highest BCUT2D eigenvalue weighted by Crippen LogP contribution is 2.29. The second kappa shape index (κ2) is 4.56. The molecule has 0 bridgehead atoms. The Bertz CT molecular complexity index is 463.